The van der Waals surface area contributed by atoms with Gasteiger partial charge in [-0.2, -0.15) is 11.8 Å². The lowest BCUT2D eigenvalue weighted by molar-refractivity contribution is -0.138. The van der Waals surface area contributed by atoms with Crippen LogP contribution >= 0.6 is 35.3 Å². The highest BCUT2D eigenvalue weighted by Gasteiger charge is 2.52. The Kier molecular flexibility index (Phi) is 9.99. The lowest BCUT2D eigenvalue weighted by Crippen LogP contribution is -2.28. The number of rotatable bonds is 13. The van der Waals surface area contributed by atoms with E-state index in [1.165, 1.54) is 6.92 Å². The zero-order valence-electron chi connectivity index (χ0n) is 20.6. The van der Waals surface area contributed by atoms with Crippen LogP contribution in [-0.4, -0.2) is 54.7 Å². The van der Waals surface area contributed by atoms with Crippen molar-refractivity contribution in [2.45, 2.75) is 81.0 Å². The molecule has 190 valence electrons. The number of hydrogen-bond donors (Lipinski definition) is 2. The van der Waals surface area contributed by atoms with Gasteiger partial charge in [-0.3, -0.25) is 9.59 Å². The van der Waals surface area contributed by atoms with E-state index in [9.17, 15) is 14.7 Å². The molecule has 3 rings (SSSR count). The molecule has 0 radical (unpaired) electrons. The predicted octanol–water partition coefficient (Wildman–Crippen LogP) is 6.65. The van der Waals surface area contributed by atoms with Crippen LogP contribution in [0.5, 0.6) is 11.5 Å². The molecule has 1 aliphatic carbocycles. The molecule has 2 fully saturated rings. The van der Waals surface area contributed by atoms with E-state index in [4.69, 9.17) is 9.84 Å². The van der Waals surface area contributed by atoms with E-state index in [0.29, 0.717) is 36.7 Å². The van der Waals surface area contributed by atoms with Crippen LogP contribution in [0.15, 0.2) is 12.1 Å². The fraction of sp³-hybridized carbons (Fsp3) is 0.692. The molecule has 1 aromatic rings. The number of carbonyl (C=O) groups is 2. The van der Waals surface area contributed by atoms with Crippen LogP contribution in [0.25, 0.3) is 0 Å². The molecule has 8 heteroatoms. The molecular formula is C26H38O5S3. The van der Waals surface area contributed by atoms with Gasteiger partial charge < -0.3 is 14.9 Å². The molecule has 1 aromatic carbocycles. The minimum absolute atomic E-state index is 0.0632. The number of carboxylic acids is 1. The van der Waals surface area contributed by atoms with Crippen molar-refractivity contribution in [1.29, 1.82) is 0 Å². The Balaban J connectivity index is 1.45. The zero-order valence-corrected chi connectivity index (χ0v) is 23.0. The van der Waals surface area contributed by atoms with Gasteiger partial charge in [-0.05, 0) is 69.3 Å². The summed E-state index contributed by atoms with van der Waals surface area (Å²) in [5.41, 5.74) is 1.09. The molecule has 3 unspecified atom stereocenters. The van der Waals surface area contributed by atoms with Crippen LogP contribution in [-0.2, 0) is 11.2 Å². The summed E-state index contributed by atoms with van der Waals surface area (Å²) in [6.45, 7) is 6.39. The number of phenols is 1. The molecule has 1 spiro atoms. The first-order chi connectivity index (χ1) is 16.2. The number of aromatic hydroxyl groups is 1. The lowest BCUT2D eigenvalue weighted by atomic mass is 10.0. The minimum atomic E-state index is -0.665. The van der Waals surface area contributed by atoms with E-state index in [2.05, 4.69) is 30.4 Å². The van der Waals surface area contributed by atoms with Crippen molar-refractivity contribution in [2.24, 2.45) is 5.92 Å². The summed E-state index contributed by atoms with van der Waals surface area (Å²) in [5.74, 6) is 3.55. The predicted molar refractivity (Wildman–Crippen MR) is 145 cm³/mol. The number of phenolic OH excluding ortho intramolecular Hbond substituents is 1. The lowest BCUT2D eigenvalue weighted by Gasteiger charge is -2.29. The van der Waals surface area contributed by atoms with Gasteiger partial charge in [0.2, 0.25) is 0 Å². The van der Waals surface area contributed by atoms with E-state index in [1.807, 2.05) is 24.8 Å². The number of ketones is 1. The standard InChI is InChI=1S/C26H38O5S3/c1-4-7-21-22(9-8-20(18(3)27)24(21)30)31-12-6-13-32-16-25(5-2)17-33-26(34-25)11-10-19(15-26)14-23(28)29/h8-9,19,30H,4-7,10-17H2,1-3H3,(H,28,29). The van der Waals surface area contributed by atoms with E-state index in [-0.39, 0.29) is 20.4 Å². The molecule has 0 bridgehead atoms. The summed E-state index contributed by atoms with van der Waals surface area (Å²) < 4.78 is 6.51. The summed E-state index contributed by atoms with van der Waals surface area (Å²) in [6.07, 6.45) is 7.14. The second-order valence-electron chi connectivity index (χ2n) is 9.54. The molecule has 0 aromatic heterocycles. The highest BCUT2D eigenvalue weighted by atomic mass is 32.2. The number of ether oxygens (including phenoxy) is 1. The molecule has 1 heterocycles. The number of carboxylic acid groups (broad SMARTS) is 1. The number of carbonyl (C=O) groups excluding carboxylic acids is 1. The molecule has 0 amide bonds. The Hall–Kier alpha value is -0.990. The molecular weight excluding hydrogens is 488 g/mol. The summed E-state index contributed by atoms with van der Waals surface area (Å²) in [4.78, 5) is 22.9. The fourth-order valence-electron chi connectivity index (χ4n) is 4.91. The van der Waals surface area contributed by atoms with Gasteiger partial charge in [0, 0.05) is 28.2 Å². The Bertz CT molecular complexity index is 876. The molecule has 1 saturated carbocycles. The van der Waals surface area contributed by atoms with Gasteiger partial charge in [0.15, 0.2) is 5.78 Å². The van der Waals surface area contributed by atoms with E-state index in [1.54, 1.807) is 6.07 Å². The maximum Gasteiger partial charge on any atom is 0.303 e. The third-order valence-electron chi connectivity index (χ3n) is 6.82. The number of thioether (sulfide) groups is 3. The van der Waals surface area contributed by atoms with Crippen LogP contribution in [0.1, 0.15) is 81.6 Å². The van der Waals surface area contributed by atoms with Gasteiger partial charge in [-0.15, -0.1) is 23.5 Å². The largest absolute Gasteiger partial charge is 0.507 e. The maximum atomic E-state index is 11.7. The minimum Gasteiger partial charge on any atom is -0.507 e. The summed E-state index contributed by atoms with van der Waals surface area (Å²) in [5, 5.41) is 19.6. The number of aliphatic carboxylic acids is 1. The smallest absolute Gasteiger partial charge is 0.303 e. The topological polar surface area (TPSA) is 83.8 Å². The number of Topliss-reactive ketones (excluding diaryl/α,β-unsaturated/α-hetero) is 1. The monoisotopic (exact) mass is 526 g/mol. The Morgan fingerprint density at radius 1 is 1.29 bits per heavy atom. The van der Waals surface area contributed by atoms with Crippen LogP contribution in [0.4, 0.5) is 0 Å². The van der Waals surface area contributed by atoms with Gasteiger partial charge in [-0.1, -0.05) is 20.3 Å². The molecule has 3 atom stereocenters. The summed E-state index contributed by atoms with van der Waals surface area (Å²) in [6, 6.07) is 3.46. The molecule has 1 aliphatic heterocycles. The van der Waals surface area contributed by atoms with Gasteiger partial charge in [0.1, 0.15) is 11.5 Å². The van der Waals surface area contributed by atoms with Gasteiger partial charge in [0.05, 0.1) is 16.2 Å². The van der Waals surface area contributed by atoms with E-state index in [0.717, 1.165) is 61.3 Å². The SMILES string of the molecule is CCCc1c(OCCCSCC2(CC)CSC3(CCC(CC(=O)O)C3)S2)ccc(C(C)=O)c1O. The second-order valence-corrected chi connectivity index (χ2v) is 14.1. The average Bonchev–Trinajstić information content (AvgIpc) is 3.35. The molecule has 1 saturated heterocycles. The maximum absolute atomic E-state index is 11.7. The fourth-order valence-corrected chi connectivity index (χ4v) is 10.9. The van der Waals surface area contributed by atoms with Crippen LogP contribution in [0.2, 0.25) is 0 Å². The molecule has 2 aliphatic rings. The number of hydrogen-bond acceptors (Lipinski definition) is 7. The Morgan fingerprint density at radius 3 is 2.76 bits per heavy atom. The molecule has 2 N–H and O–H groups in total. The van der Waals surface area contributed by atoms with Crippen molar-refractivity contribution < 1.29 is 24.5 Å². The van der Waals surface area contributed by atoms with Crippen molar-refractivity contribution in [3.63, 3.8) is 0 Å². The Morgan fingerprint density at radius 2 is 2.09 bits per heavy atom. The van der Waals surface area contributed by atoms with E-state index >= 15 is 0 Å². The average molecular weight is 527 g/mol. The van der Waals surface area contributed by atoms with E-state index < -0.39 is 5.97 Å². The first-order valence-corrected chi connectivity index (χ1v) is 15.3. The third kappa shape index (κ3) is 6.82. The van der Waals surface area contributed by atoms with Crippen LogP contribution < -0.4 is 4.74 Å². The van der Waals surface area contributed by atoms with Crippen molar-refractivity contribution in [2.75, 3.05) is 23.9 Å². The van der Waals surface area contributed by atoms with Crippen molar-refractivity contribution >= 4 is 47.0 Å². The number of benzene rings is 1. The van der Waals surface area contributed by atoms with Crippen molar-refractivity contribution in [3.8, 4) is 11.5 Å². The highest BCUT2D eigenvalue weighted by Crippen LogP contribution is 2.64. The highest BCUT2D eigenvalue weighted by molar-refractivity contribution is 8.22. The molecule has 34 heavy (non-hydrogen) atoms. The normalized spacial score (nSPS) is 26.3. The van der Waals surface area contributed by atoms with Crippen LogP contribution in [0.3, 0.4) is 0 Å². The van der Waals surface area contributed by atoms with Gasteiger partial charge in [-0.25, -0.2) is 0 Å². The molecule has 5 nitrogen and oxygen atoms in total. The van der Waals surface area contributed by atoms with Crippen molar-refractivity contribution in [1.82, 2.24) is 0 Å². The quantitative estimate of drug-likeness (QED) is 0.218. The first kappa shape index (κ1) is 27.6. The second kappa shape index (κ2) is 12.3. The zero-order chi connectivity index (χ0) is 24.8. The van der Waals surface area contributed by atoms with Gasteiger partial charge in [0.25, 0.3) is 0 Å². The Labute approximate surface area is 216 Å². The summed E-state index contributed by atoms with van der Waals surface area (Å²) >= 11 is 6.19. The van der Waals surface area contributed by atoms with Crippen LogP contribution in [0, 0.1) is 5.92 Å². The first-order valence-electron chi connectivity index (χ1n) is 12.4. The van der Waals surface area contributed by atoms with Crippen molar-refractivity contribution in [3.05, 3.63) is 23.3 Å². The summed E-state index contributed by atoms with van der Waals surface area (Å²) in [7, 11) is 0. The third-order valence-corrected chi connectivity index (χ3v) is 12.5. The van der Waals surface area contributed by atoms with Gasteiger partial charge >= 0.3 is 5.97 Å².